The maximum absolute atomic E-state index is 11.7. The van der Waals surface area contributed by atoms with E-state index < -0.39 is 11.0 Å². The lowest BCUT2D eigenvalue weighted by Gasteiger charge is -2.16. The van der Waals surface area contributed by atoms with E-state index in [2.05, 4.69) is 10.2 Å². The summed E-state index contributed by atoms with van der Waals surface area (Å²) in [6, 6.07) is 15.6. The van der Waals surface area contributed by atoms with Crippen molar-refractivity contribution >= 4 is 29.9 Å². The predicted molar refractivity (Wildman–Crippen MR) is 98.1 cm³/mol. The Morgan fingerprint density at radius 3 is 2.40 bits per heavy atom. The Balaban J connectivity index is 0.00000312. The van der Waals surface area contributed by atoms with Crippen molar-refractivity contribution in [1.29, 1.82) is 0 Å². The van der Waals surface area contributed by atoms with Gasteiger partial charge in [-0.05, 0) is 24.7 Å². The summed E-state index contributed by atoms with van der Waals surface area (Å²) in [5.41, 5.74) is 1.61. The predicted octanol–water partition coefficient (Wildman–Crippen LogP) is 3.70. The van der Waals surface area contributed by atoms with Gasteiger partial charge in [0.25, 0.3) is 5.69 Å². The SMILES string of the molecule is CN(CCOC(=O)Nc1ccc([N+](=O)[O-])cc1)Cc1ccccc1.Cl. The lowest BCUT2D eigenvalue weighted by Crippen LogP contribution is -2.25. The summed E-state index contributed by atoms with van der Waals surface area (Å²) in [6.07, 6.45) is -0.586. The van der Waals surface area contributed by atoms with Gasteiger partial charge in [0, 0.05) is 30.9 Å². The number of nitro groups is 1. The molecule has 0 atom stereocenters. The summed E-state index contributed by atoms with van der Waals surface area (Å²) in [5.74, 6) is 0. The topological polar surface area (TPSA) is 84.7 Å². The normalized spacial score (nSPS) is 10.0. The van der Waals surface area contributed by atoms with E-state index in [-0.39, 0.29) is 24.7 Å². The van der Waals surface area contributed by atoms with Crippen LogP contribution in [0, 0.1) is 10.1 Å². The Bertz CT molecular complexity index is 680. The Labute approximate surface area is 152 Å². The largest absolute Gasteiger partial charge is 0.448 e. The summed E-state index contributed by atoms with van der Waals surface area (Å²) < 4.78 is 5.11. The molecule has 0 bridgehead atoms. The summed E-state index contributed by atoms with van der Waals surface area (Å²) >= 11 is 0. The number of rotatable bonds is 7. The number of non-ortho nitro benzene ring substituents is 1. The Morgan fingerprint density at radius 2 is 1.80 bits per heavy atom. The van der Waals surface area contributed by atoms with Gasteiger partial charge < -0.3 is 4.74 Å². The molecule has 1 amide bonds. The maximum Gasteiger partial charge on any atom is 0.411 e. The van der Waals surface area contributed by atoms with Crippen LogP contribution in [0.5, 0.6) is 0 Å². The Hall–Kier alpha value is -2.64. The third-order valence-electron chi connectivity index (χ3n) is 3.33. The fourth-order valence-corrected chi connectivity index (χ4v) is 2.09. The average Bonchev–Trinajstić information content (AvgIpc) is 2.56. The average molecular weight is 366 g/mol. The minimum atomic E-state index is -0.586. The van der Waals surface area contributed by atoms with Gasteiger partial charge in [0.1, 0.15) is 6.61 Å². The van der Waals surface area contributed by atoms with Crippen LogP contribution in [-0.2, 0) is 11.3 Å². The molecule has 1 N–H and O–H groups in total. The number of nitrogens with one attached hydrogen (secondary N) is 1. The zero-order chi connectivity index (χ0) is 17.4. The number of nitrogens with zero attached hydrogens (tertiary/aromatic N) is 2. The smallest absolute Gasteiger partial charge is 0.411 e. The molecule has 0 saturated heterocycles. The zero-order valence-electron chi connectivity index (χ0n) is 13.8. The van der Waals surface area contributed by atoms with Crippen molar-refractivity contribution in [2.45, 2.75) is 6.54 Å². The first-order valence-corrected chi connectivity index (χ1v) is 7.45. The van der Waals surface area contributed by atoms with Gasteiger partial charge in [-0.25, -0.2) is 4.79 Å². The number of halogens is 1. The van der Waals surface area contributed by atoms with Crippen molar-refractivity contribution < 1.29 is 14.5 Å². The van der Waals surface area contributed by atoms with E-state index in [4.69, 9.17) is 4.74 Å². The molecule has 0 saturated carbocycles. The monoisotopic (exact) mass is 365 g/mol. The molecule has 0 unspecified atom stereocenters. The molecule has 0 heterocycles. The molecule has 7 nitrogen and oxygen atoms in total. The van der Waals surface area contributed by atoms with Crippen LogP contribution >= 0.6 is 12.4 Å². The molecule has 8 heteroatoms. The molecular formula is C17H20ClN3O4. The number of carbonyl (C=O) groups is 1. The van der Waals surface area contributed by atoms with E-state index in [0.717, 1.165) is 6.54 Å². The van der Waals surface area contributed by atoms with Crippen LogP contribution < -0.4 is 5.32 Å². The van der Waals surface area contributed by atoms with Crippen molar-refractivity contribution in [3.63, 3.8) is 0 Å². The van der Waals surface area contributed by atoms with Gasteiger partial charge in [0.2, 0.25) is 0 Å². The Morgan fingerprint density at radius 1 is 1.16 bits per heavy atom. The van der Waals surface area contributed by atoms with Crippen LogP contribution in [0.1, 0.15) is 5.56 Å². The van der Waals surface area contributed by atoms with Gasteiger partial charge >= 0.3 is 6.09 Å². The third-order valence-corrected chi connectivity index (χ3v) is 3.33. The van der Waals surface area contributed by atoms with Crippen LogP contribution in [0.2, 0.25) is 0 Å². The molecule has 0 aromatic heterocycles. The van der Waals surface area contributed by atoms with Gasteiger partial charge in [-0.2, -0.15) is 0 Å². The van der Waals surface area contributed by atoms with Gasteiger partial charge in [-0.1, -0.05) is 30.3 Å². The highest BCUT2D eigenvalue weighted by atomic mass is 35.5. The number of hydrogen-bond donors (Lipinski definition) is 1. The van der Waals surface area contributed by atoms with Gasteiger partial charge in [-0.3, -0.25) is 20.3 Å². The summed E-state index contributed by atoms with van der Waals surface area (Å²) in [4.78, 5) is 23.8. The van der Waals surface area contributed by atoms with Gasteiger partial charge in [0.05, 0.1) is 4.92 Å². The highest BCUT2D eigenvalue weighted by Gasteiger charge is 2.07. The molecule has 134 valence electrons. The first-order valence-electron chi connectivity index (χ1n) is 7.45. The molecule has 25 heavy (non-hydrogen) atoms. The minimum Gasteiger partial charge on any atom is -0.448 e. The minimum absolute atomic E-state index is 0. The van der Waals surface area contributed by atoms with E-state index in [1.165, 1.54) is 29.8 Å². The van der Waals surface area contributed by atoms with Crippen molar-refractivity contribution in [2.75, 3.05) is 25.5 Å². The molecule has 0 aliphatic carbocycles. The Kier molecular flexibility index (Phi) is 8.38. The van der Waals surface area contributed by atoms with E-state index in [9.17, 15) is 14.9 Å². The third kappa shape index (κ3) is 7.19. The first-order chi connectivity index (χ1) is 11.5. The van der Waals surface area contributed by atoms with E-state index in [0.29, 0.717) is 12.2 Å². The number of benzene rings is 2. The van der Waals surface area contributed by atoms with Crippen molar-refractivity contribution in [1.82, 2.24) is 4.90 Å². The number of carbonyl (C=O) groups excluding carboxylic acids is 1. The molecule has 0 aliphatic rings. The molecule has 0 radical (unpaired) electrons. The molecule has 2 aromatic rings. The molecule has 2 aromatic carbocycles. The quantitative estimate of drug-likeness (QED) is 0.597. The molecule has 2 rings (SSSR count). The zero-order valence-corrected chi connectivity index (χ0v) is 14.6. The van der Waals surface area contributed by atoms with Crippen molar-refractivity contribution in [3.8, 4) is 0 Å². The van der Waals surface area contributed by atoms with Crippen LogP contribution in [0.4, 0.5) is 16.2 Å². The van der Waals surface area contributed by atoms with Gasteiger partial charge in [-0.15, -0.1) is 12.4 Å². The fourth-order valence-electron chi connectivity index (χ4n) is 2.09. The number of nitro benzene ring substituents is 1. The summed E-state index contributed by atoms with van der Waals surface area (Å²) in [5, 5.41) is 13.1. The van der Waals surface area contributed by atoms with E-state index >= 15 is 0 Å². The highest BCUT2D eigenvalue weighted by molar-refractivity contribution is 5.85. The fraction of sp³-hybridized carbons (Fsp3) is 0.235. The van der Waals surface area contributed by atoms with Crippen LogP contribution in [0.3, 0.4) is 0 Å². The molecule has 0 spiro atoms. The summed E-state index contributed by atoms with van der Waals surface area (Å²) in [6.45, 7) is 1.62. The number of hydrogen-bond acceptors (Lipinski definition) is 5. The lowest BCUT2D eigenvalue weighted by atomic mass is 10.2. The van der Waals surface area contributed by atoms with Gasteiger partial charge in [0.15, 0.2) is 0 Å². The van der Waals surface area contributed by atoms with Crippen molar-refractivity contribution in [2.24, 2.45) is 0 Å². The second kappa shape index (κ2) is 10.3. The second-order valence-electron chi connectivity index (χ2n) is 5.29. The highest BCUT2D eigenvalue weighted by Crippen LogP contribution is 2.15. The van der Waals surface area contributed by atoms with Crippen LogP contribution in [-0.4, -0.2) is 36.1 Å². The molecule has 0 aliphatic heterocycles. The first kappa shape index (κ1) is 20.4. The van der Waals surface area contributed by atoms with Crippen LogP contribution in [0.15, 0.2) is 54.6 Å². The standard InChI is InChI=1S/C17H19N3O4.ClH/c1-19(13-14-5-3-2-4-6-14)11-12-24-17(21)18-15-7-9-16(10-8-15)20(22)23;/h2-10H,11-13H2,1H3,(H,18,21);1H. The molecular weight excluding hydrogens is 346 g/mol. The second-order valence-corrected chi connectivity index (χ2v) is 5.29. The lowest BCUT2D eigenvalue weighted by molar-refractivity contribution is -0.384. The maximum atomic E-state index is 11.7. The van der Waals surface area contributed by atoms with E-state index in [1.54, 1.807) is 0 Å². The van der Waals surface area contributed by atoms with E-state index in [1.807, 2.05) is 37.4 Å². The van der Waals surface area contributed by atoms with Crippen molar-refractivity contribution in [3.05, 3.63) is 70.3 Å². The summed E-state index contributed by atoms with van der Waals surface area (Å²) in [7, 11) is 1.95. The number of amides is 1. The number of likely N-dealkylation sites (N-methyl/N-ethyl adjacent to an activating group) is 1. The number of ether oxygens (including phenoxy) is 1. The molecule has 0 fully saturated rings. The van der Waals surface area contributed by atoms with Crippen LogP contribution in [0.25, 0.3) is 0 Å². The number of anilines is 1.